The molecule has 0 amide bonds. The Morgan fingerprint density at radius 1 is 0.706 bits per heavy atom. The minimum atomic E-state index is 0.314. The highest BCUT2D eigenvalue weighted by Crippen LogP contribution is 2.14. The predicted octanol–water partition coefficient (Wildman–Crippen LogP) is 6.32. The van der Waals surface area contributed by atoms with E-state index in [4.69, 9.17) is 47.6 Å². The number of hydrazone groups is 2. The van der Waals surface area contributed by atoms with Crippen molar-refractivity contribution in [2.45, 2.75) is 0 Å². The highest BCUT2D eigenvalue weighted by Gasteiger charge is 1.99. The number of allylic oxidation sites excluding steroid dienone is 1. The largest absolute Gasteiger partial charge is 0.331 e. The van der Waals surface area contributed by atoms with Crippen LogP contribution in [-0.2, 0) is 0 Å². The third kappa shape index (κ3) is 9.29. The van der Waals surface area contributed by atoms with Gasteiger partial charge in [-0.25, -0.2) is 0 Å². The molecule has 0 aliphatic carbocycles. The van der Waals surface area contributed by atoms with Crippen molar-refractivity contribution in [3.05, 3.63) is 101 Å². The number of thiocarbonyl (C=S) groups is 2. The molecule has 0 heterocycles. The molecule has 0 saturated heterocycles. The van der Waals surface area contributed by atoms with E-state index >= 15 is 0 Å². The maximum atomic E-state index is 5.91. The highest BCUT2D eigenvalue weighted by atomic mass is 35.5. The van der Waals surface area contributed by atoms with Crippen molar-refractivity contribution in [3.8, 4) is 0 Å². The number of nitrogens with one attached hydrogen (secondary N) is 4. The molecule has 0 spiro atoms. The van der Waals surface area contributed by atoms with E-state index in [0.717, 1.165) is 16.9 Å². The number of halogens is 2. The Morgan fingerprint density at radius 2 is 1.24 bits per heavy atom. The molecule has 0 fully saturated rings. The first-order chi connectivity index (χ1) is 16.5. The van der Waals surface area contributed by atoms with Crippen LogP contribution < -0.4 is 21.5 Å². The molecule has 3 aromatic carbocycles. The maximum absolute atomic E-state index is 5.91. The summed E-state index contributed by atoms with van der Waals surface area (Å²) in [6.45, 7) is 0. The van der Waals surface area contributed by atoms with Gasteiger partial charge in [0, 0.05) is 21.4 Å². The summed E-state index contributed by atoms with van der Waals surface area (Å²) >= 11 is 22.4. The molecular weight excluding hydrogens is 507 g/mol. The van der Waals surface area contributed by atoms with Crippen molar-refractivity contribution in [2.75, 3.05) is 10.6 Å². The van der Waals surface area contributed by atoms with Crippen molar-refractivity contribution < 1.29 is 0 Å². The van der Waals surface area contributed by atoms with E-state index < -0.39 is 0 Å². The molecule has 0 aliphatic heterocycles. The molecule has 0 saturated carbocycles. The van der Waals surface area contributed by atoms with Gasteiger partial charge in [-0.05, 0) is 84.6 Å². The normalized spacial score (nSPS) is 11.4. The van der Waals surface area contributed by atoms with Gasteiger partial charge < -0.3 is 10.6 Å². The number of rotatable bonds is 7. The van der Waals surface area contributed by atoms with Gasteiger partial charge in [-0.3, -0.25) is 10.9 Å². The number of benzene rings is 3. The van der Waals surface area contributed by atoms with Gasteiger partial charge in [-0.2, -0.15) is 10.2 Å². The van der Waals surface area contributed by atoms with Crippen LogP contribution in [0, 0.1) is 0 Å². The lowest BCUT2D eigenvalue weighted by molar-refractivity contribution is 1.04. The minimum Gasteiger partial charge on any atom is -0.331 e. The van der Waals surface area contributed by atoms with Gasteiger partial charge >= 0.3 is 0 Å². The van der Waals surface area contributed by atoms with Crippen molar-refractivity contribution in [1.82, 2.24) is 10.9 Å². The molecule has 6 nitrogen and oxygen atoms in total. The van der Waals surface area contributed by atoms with E-state index in [9.17, 15) is 0 Å². The van der Waals surface area contributed by atoms with Gasteiger partial charge in [-0.15, -0.1) is 0 Å². The lowest BCUT2D eigenvalue weighted by Gasteiger charge is -2.08. The predicted molar refractivity (Wildman–Crippen MR) is 153 cm³/mol. The first-order valence-corrected chi connectivity index (χ1v) is 11.5. The topological polar surface area (TPSA) is 72.8 Å². The molecular formula is C24H20Cl2N6S2. The zero-order valence-corrected chi connectivity index (χ0v) is 20.8. The Hall–Kier alpha value is -3.30. The van der Waals surface area contributed by atoms with Gasteiger partial charge in [0.05, 0.1) is 6.21 Å². The molecule has 10 heteroatoms. The van der Waals surface area contributed by atoms with Crippen molar-refractivity contribution in [2.24, 2.45) is 10.2 Å². The van der Waals surface area contributed by atoms with Crippen LogP contribution in [0.3, 0.4) is 0 Å². The second-order valence-corrected chi connectivity index (χ2v) is 8.37. The quantitative estimate of drug-likeness (QED) is 0.164. The Balaban J connectivity index is 1.63. The third-order valence-corrected chi connectivity index (χ3v) is 4.99. The zero-order chi connectivity index (χ0) is 24.2. The van der Waals surface area contributed by atoms with Crippen LogP contribution in [-0.4, -0.2) is 22.2 Å². The van der Waals surface area contributed by atoms with Crippen molar-refractivity contribution in [1.29, 1.82) is 0 Å². The summed E-state index contributed by atoms with van der Waals surface area (Å²) < 4.78 is 0. The van der Waals surface area contributed by atoms with Crippen LogP contribution >= 0.6 is 47.6 Å². The van der Waals surface area contributed by atoms with E-state index in [0.29, 0.717) is 26.0 Å². The molecule has 3 rings (SSSR count). The number of anilines is 2. The summed E-state index contributed by atoms with van der Waals surface area (Å²) in [4.78, 5) is 0. The summed E-state index contributed by atoms with van der Waals surface area (Å²) in [5, 5.41) is 16.5. The third-order valence-electron chi connectivity index (χ3n) is 4.10. The molecule has 34 heavy (non-hydrogen) atoms. The fourth-order valence-corrected chi connectivity index (χ4v) is 3.10. The van der Waals surface area contributed by atoms with Crippen molar-refractivity contribution in [3.63, 3.8) is 0 Å². The molecule has 0 bridgehead atoms. The minimum absolute atomic E-state index is 0.314. The smallest absolute Gasteiger partial charge is 0.191 e. The second-order valence-electron chi connectivity index (χ2n) is 6.68. The van der Waals surface area contributed by atoms with Crippen LogP contribution in [0.1, 0.15) is 5.56 Å². The van der Waals surface area contributed by atoms with Crippen LogP contribution in [0.25, 0.3) is 6.08 Å². The summed E-state index contributed by atoms with van der Waals surface area (Å²) in [6, 6.07) is 24.1. The number of hydrogen-bond acceptors (Lipinski definition) is 4. The fraction of sp³-hybridized carbons (Fsp3) is 0. The first-order valence-electron chi connectivity index (χ1n) is 9.97. The van der Waals surface area contributed by atoms with E-state index in [-0.39, 0.29) is 0 Å². The monoisotopic (exact) mass is 526 g/mol. The van der Waals surface area contributed by atoms with E-state index in [1.165, 1.54) is 6.21 Å². The van der Waals surface area contributed by atoms with E-state index in [2.05, 4.69) is 31.7 Å². The molecule has 172 valence electrons. The summed E-state index contributed by atoms with van der Waals surface area (Å²) in [7, 11) is 0. The molecule has 4 N–H and O–H groups in total. The fourth-order valence-electron chi connectivity index (χ4n) is 2.51. The molecule has 0 aromatic heterocycles. The van der Waals surface area contributed by atoms with E-state index in [1.807, 2.05) is 60.7 Å². The Morgan fingerprint density at radius 3 is 1.79 bits per heavy atom. The van der Waals surface area contributed by atoms with Gasteiger partial charge in [-0.1, -0.05) is 59.6 Å². The molecule has 0 aliphatic rings. The molecule has 0 atom stereocenters. The zero-order valence-electron chi connectivity index (χ0n) is 17.7. The average Bonchev–Trinajstić information content (AvgIpc) is 2.84. The summed E-state index contributed by atoms with van der Waals surface area (Å²) in [6.07, 6.45) is 5.23. The van der Waals surface area contributed by atoms with E-state index in [1.54, 1.807) is 30.3 Å². The van der Waals surface area contributed by atoms with Crippen LogP contribution in [0.4, 0.5) is 11.4 Å². The van der Waals surface area contributed by atoms with Crippen LogP contribution in [0.15, 0.2) is 95.1 Å². The lowest BCUT2D eigenvalue weighted by atomic mass is 10.2. The molecule has 3 aromatic rings. The van der Waals surface area contributed by atoms with Gasteiger partial charge in [0.1, 0.15) is 5.71 Å². The SMILES string of the molecule is S=C(N\N=C/C(/C=C/c1ccccc1)=N\NC(=S)Nc1ccc(Cl)cc1)Nc1ccc(Cl)cc1. The molecule has 0 unspecified atom stereocenters. The average molecular weight is 528 g/mol. The lowest BCUT2D eigenvalue weighted by Crippen LogP contribution is -2.26. The van der Waals surface area contributed by atoms with Gasteiger partial charge in [0.2, 0.25) is 0 Å². The Bertz CT molecular complexity index is 1190. The standard InChI is InChI=1S/C24H20Cl2N6S2/c25-18-7-12-20(13-8-18)28-23(33)31-27-16-22(11-6-17-4-2-1-3-5-17)30-32-24(34)29-21-14-9-19(26)10-15-21/h1-16H,(H2,28,31,33)(H2,29,32,34)/b11-6+,27-16-,30-22-. The Kier molecular flexibility index (Phi) is 9.99. The first kappa shape index (κ1) is 25.3. The number of hydrogen-bond donors (Lipinski definition) is 4. The maximum Gasteiger partial charge on any atom is 0.191 e. The van der Waals surface area contributed by atoms with Gasteiger partial charge in [0.25, 0.3) is 0 Å². The van der Waals surface area contributed by atoms with Crippen LogP contribution in [0.2, 0.25) is 10.0 Å². The summed E-state index contributed by atoms with van der Waals surface area (Å²) in [5.41, 5.74) is 8.66. The summed E-state index contributed by atoms with van der Waals surface area (Å²) in [5.74, 6) is 0. The molecule has 0 radical (unpaired) electrons. The van der Waals surface area contributed by atoms with Crippen molar-refractivity contribution >= 4 is 87.2 Å². The van der Waals surface area contributed by atoms with Crippen LogP contribution in [0.5, 0.6) is 0 Å². The Labute approximate surface area is 218 Å². The second kappa shape index (κ2) is 13.4. The highest BCUT2D eigenvalue weighted by molar-refractivity contribution is 7.80. The number of nitrogens with zero attached hydrogens (tertiary/aromatic N) is 2. The van der Waals surface area contributed by atoms with Gasteiger partial charge in [0.15, 0.2) is 10.2 Å².